The molecule has 0 fully saturated rings. The first kappa shape index (κ1) is 14.7. The van der Waals surface area contributed by atoms with E-state index >= 15 is 0 Å². The number of alkyl halides is 3. The molecule has 1 aromatic carbocycles. The summed E-state index contributed by atoms with van der Waals surface area (Å²) in [4.78, 5) is 22.6. The van der Waals surface area contributed by atoms with Crippen LogP contribution in [0, 0.1) is 0 Å². The van der Waals surface area contributed by atoms with E-state index in [1.165, 1.54) is 6.92 Å². The second kappa shape index (κ2) is 5.51. The van der Waals surface area contributed by atoms with Gasteiger partial charge in [-0.2, -0.15) is 13.2 Å². The number of ether oxygens (including phenoxy) is 1. The Morgan fingerprint density at radius 1 is 1.33 bits per heavy atom. The number of halogens is 4. The average molecular weight is 325 g/mol. The third-order valence-corrected chi connectivity index (χ3v) is 2.69. The van der Waals surface area contributed by atoms with Gasteiger partial charge in [0, 0.05) is 10.0 Å². The van der Waals surface area contributed by atoms with E-state index in [4.69, 9.17) is 0 Å². The highest BCUT2D eigenvalue weighted by Crippen LogP contribution is 2.35. The highest BCUT2D eigenvalue weighted by Gasteiger charge is 2.34. The van der Waals surface area contributed by atoms with Crippen LogP contribution in [0.3, 0.4) is 0 Å². The summed E-state index contributed by atoms with van der Waals surface area (Å²) in [5.74, 6) is -2.28. The van der Waals surface area contributed by atoms with E-state index in [2.05, 4.69) is 20.7 Å². The van der Waals surface area contributed by atoms with Crippen molar-refractivity contribution in [1.82, 2.24) is 0 Å². The summed E-state index contributed by atoms with van der Waals surface area (Å²) < 4.78 is 42.0. The molecule has 0 N–H and O–H groups in total. The van der Waals surface area contributed by atoms with Crippen molar-refractivity contribution < 1.29 is 27.5 Å². The Labute approximate surface area is 109 Å². The highest BCUT2D eigenvalue weighted by atomic mass is 79.9. The molecule has 0 bridgehead atoms. The number of benzene rings is 1. The van der Waals surface area contributed by atoms with Gasteiger partial charge in [0.25, 0.3) is 5.78 Å². The van der Waals surface area contributed by atoms with Gasteiger partial charge in [0.2, 0.25) is 0 Å². The van der Waals surface area contributed by atoms with Crippen molar-refractivity contribution in [2.24, 2.45) is 0 Å². The van der Waals surface area contributed by atoms with Crippen LogP contribution in [-0.4, -0.2) is 18.4 Å². The number of ketones is 1. The van der Waals surface area contributed by atoms with Crippen molar-refractivity contribution in [3.63, 3.8) is 0 Å². The van der Waals surface area contributed by atoms with Crippen molar-refractivity contribution in [2.45, 2.75) is 13.1 Å². The lowest BCUT2D eigenvalue weighted by Gasteiger charge is -2.10. The van der Waals surface area contributed by atoms with Crippen LogP contribution in [0.15, 0.2) is 22.7 Å². The molecule has 3 nitrogen and oxygen atoms in total. The standard InChI is InChI=1S/C11H8BrF3O3/c1-2-18-10(17)9(16)6-3-4-8(12)7(5-6)11(13,14)15/h3-5H,2H2,1H3. The summed E-state index contributed by atoms with van der Waals surface area (Å²) in [5.41, 5.74) is -1.37. The maximum Gasteiger partial charge on any atom is 0.417 e. The minimum atomic E-state index is -4.61. The smallest absolute Gasteiger partial charge is 0.417 e. The number of Topliss-reactive ketones (excluding diaryl/α,β-unsaturated/α-hetero) is 1. The van der Waals surface area contributed by atoms with Crippen LogP contribution in [0.4, 0.5) is 13.2 Å². The van der Waals surface area contributed by atoms with Gasteiger partial charge in [0.05, 0.1) is 12.2 Å². The van der Waals surface area contributed by atoms with Gasteiger partial charge in [-0.1, -0.05) is 15.9 Å². The lowest BCUT2D eigenvalue weighted by Crippen LogP contribution is -2.18. The Morgan fingerprint density at radius 3 is 2.44 bits per heavy atom. The predicted molar refractivity (Wildman–Crippen MR) is 60.1 cm³/mol. The molecule has 0 heterocycles. The summed E-state index contributed by atoms with van der Waals surface area (Å²) >= 11 is 2.74. The monoisotopic (exact) mass is 324 g/mol. The van der Waals surface area contributed by atoms with Crippen LogP contribution in [0.1, 0.15) is 22.8 Å². The lowest BCUT2D eigenvalue weighted by atomic mass is 10.1. The van der Waals surface area contributed by atoms with Gasteiger partial charge in [0.15, 0.2) is 0 Å². The van der Waals surface area contributed by atoms with Gasteiger partial charge in [-0.15, -0.1) is 0 Å². The Hall–Kier alpha value is -1.37. The molecule has 0 amide bonds. The Morgan fingerprint density at radius 2 is 1.94 bits per heavy atom. The molecule has 0 aliphatic carbocycles. The summed E-state index contributed by atoms with van der Waals surface area (Å²) in [6.45, 7) is 1.47. The van der Waals surface area contributed by atoms with Gasteiger partial charge >= 0.3 is 12.1 Å². The molecule has 0 radical (unpaired) electrons. The van der Waals surface area contributed by atoms with E-state index in [0.717, 1.165) is 12.1 Å². The maximum absolute atomic E-state index is 12.6. The van der Waals surface area contributed by atoms with Crippen LogP contribution in [0.2, 0.25) is 0 Å². The summed E-state index contributed by atoms with van der Waals surface area (Å²) in [7, 11) is 0. The van der Waals surface area contributed by atoms with Gasteiger partial charge in [-0.05, 0) is 25.1 Å². The summed E-state index contributed by atoms with van der Waals surface area (Å²) in [6, 6.07) is 2.80. The second-order valence-electron chi connectivity index (χ2n) is 3.24. The van der Waals surface area contributed by atoms with E-state index in [1.807, 2.05) is 0 Å². The van der Waals surface area contributed by atoms with Crippen molar-refractivity contribution in [3.05, 3.63) is 33.8 Å². The normalized spacial score (nSPS) is 11.2. The van der Waals surface area contributed by atoms with Gasteiger partial charge < -0.3 is 4.74 Å². The Kier molecular flexibility index (Phi) is 4.50. The fraction of sp³-hybridized carbons (Fsp3) is 0.273. The molecular weight excluding hydrogens is 317 g/mol. The van der Waals surface area contributed by atoms with E-state index in [0.29, 0.717) is 6.07 Å². The van der Waals surface area contributed by atoms with Crippen LogP contribution in [-0.2, 0) is 15.7 Å². The third kappa shape index (κ3) is 3.32. The molecule has 1 rings (SSSR count). The Balaban J connectivity index is 3.13. The molecule has 0 saturated heterocycles. The van der Waals surface area contributed by atoms with Gasteiger partial charge in [0.1, 0.15) is 0 Å². The van der Waals surface area contributed by atoms with Crippen LogP contribution >= 0.6 is 15.9 Å². The molecular formula is C11H8BrF3O3. The van der Waals surface area contributed by atoms with Crippen LogP contribution < -0.4 is 0 Å². The van der Waals surface area contributed by atoms with Gasteiger partial charge in [-0.25, -0.2) is 4.79 Å². The van der Waals surface area contributed by atoms with Crippen molar-refractivity contribution in [3.8, 4) is 0 Å². The molecule has 0 saturated carbocycles. The summed E-state index contributed by atoms with van der Waals surface area (Å²) in [6.07, 6.45) is -4.61. The number of rotatable bonds is 3. The SMILES string of the molecule is CCOC(=O)C(=O)c1ccc(Br)c(C(F)(F)F)c1. The van der Waals surface area contributed by atoms with E-state index < -0.39 is 23.5 Å². The first-order valence-electron chi connectivity index (χ1n) is 4.85. The van der Waals surface area contributed by atoms with E-state index in [9.17, 15) is 22.8 Å². The number of esters is 1. The number of carbonyl (C=O) groups excluding carboxylic acids is 2. The third-order valence-electron chi connectivity index (χ3n) is 1.99. The van der Waals surface area contributed by atoms with Crippen molar-refractivity contribution >= 4 is 27.7 Å². The minimum Gasteiger partial charge on any atom is -0.460 e. The zero-order chi connectivity index (χ0) is 13.9. The average Bonchev–Trinajstić information content (AvgIpc) is 2.27. The molecule has 0 aliphatic rings. The zero-order valence-electron chi connectivity index (χ0n) is 9.18. The molecule has 7 heteroatoms. The highest BCUT2D eigenvalue weighted by molar-refractivity contribution is 9.10. The second-order valence-corrected chi connectivity index (χ2v) is 4.10. The van der Waals surface area contributed by atoms with Crippen molar-refractivity contribution in [2.75, 3.05) is 6.61 Å². The molecule has 0 unspecified atom stereocenters. The van der Waals surface area contributed by atoms with E-state index in [1.54, 1.807) is 0 Å². The van der Waals surface area contributed by atoms with Crippen molar-refractivity contribution in [1.29, 1.82) is 0 Å². The molecule has 98 valence electrons. The largest absolute Gasteiger partial charge is 0.460 e. The fourth-order valence-corrected chi connectivity index (χ4v) is 1.67. The maximum atomic E-state index is 12.6. The molecule has 0 aliphatic heterocycles. The molecule has 18 heavy (non-hydrogen) atoms. The minimum absolute atomic E-state index is 0.0206. The topological polar surface area (TPSA) is 43.4 Å². The number of hydrogen-bond donors (Lipinski definition) is 0. The molecule has 0 aromatic heterocycles. The number of carbonyl (C=O) groups is 2. The lowest BCUT2D eigenvalue weighted by molar-refractivity contribution is -0.139. The number of hydrogen-bond acceptors (Lipinski definition) is 3. The van der Waals surface area contributed by atoms with Crippen LogP contribution in [0.25, 0.3) is 0 Å². The zero-order valence-corrected chi connectivity index (χ0v) is 10.8. The first-order chi connectivity index (χ1) is 8.27. The van der Waals surface area contributed by atoms with Crippen LogP contribution in [0.5, 0.6) is 0 Å². The predicted octanol–water partition coefficient (Wildman–Crippen LogP) is 3.21. The first-order valence-corrected chi connectivity index (χ1v) is 5.65. The Bertz CT molecular complexity index is 483. The summed E-state index contributed by atoms with van der Waals surface area (Å²) in [5, 5.41) is 0. The van der Waals surface area contributed by atoms with Gasteiger partial charge in [-0.3, -0.25) is 4.79 Å². The van der Waals surface area contributed by atoms with E-state index in [-0.39, 0.29) is 16.6 Å². The molecule has 0 atom stereocenters. The molecule has 0 spiro atoms. The molecule has 1 aromatic rings. The fourth-order valence-electron chi connectivity index (χ4n) is 1.20. The quantitative estimate of drug-likeness (QED) is 0.487.